The fraction of sp³-hybridized carbons (Fsp3) is 1.00. The van der Waals surface area contributed by atoms with E-state index in [4.69, 9.17) is 4.74 Å². The molecule has 0 aromatic heterocycles. The Bertz CT molecular complexity index is 242. The molecule has 126 valence electrons. The topological polar surface area (TPSA) is 29.5 Å². The van der Waals surface area contributed by atoms with Crippen molar-refractivity contribution < 1.29 is 9.84 Å². The summed E-state index contributed by atoms with van der Waals surface area (Å²) in [6.07, 6.45) is 16.6. The highest BCUT2D eigenvalue weighted by molar-refractivity contribution is 4.87. The first-order valence-electron chi connectivity index (χ1n) is 9.43. The summed E-state index contributed by atoms with van der Waals surface area (Å²) in [4.78, 5) is 0. The molecule has 1 fully saturated rings. The number of aliphatic hydroxyl groups is 1. The molecule has 1 aliphatic rings. The van der Waals surface area contributed by atoms with Gasteiger partial charge in [0.1, 0.15) is 0 Å². The molecule has 1 rings (SSSR count). The van der Waals surface area contributed by atoms with Gasteiger partial charge in [-0.2, -0.15) is 0 Å². The predicted molar refractivity (Wildman–Crippen MR) is 90.7 cm³/mol. The van der Waals surface area contributed by atoms with E-state index in [1.54, 1.807) is 0 Å². The molecule has 1 aliphatic heterocycles. The summed E-state index contributed by atoms with van der Waals surface area (Å²) in [6, 6.07) is 0. The van der Waals surface area contributed by atoms with Crippen LogP contribution in [0.25, 0.3) is 0 Å². The Hall–Kier alpha value is -0.0800. The molecule has 2 heteroatoms. The maximum Gasteiger partial charge on any atom is 0.0697 e. The van der Waals surface area contributed by atoms with E-state index in [9.17, 15) is 5.11 Å². The van der Waals surface area contributed by atoms with Crippen LogP contribution in [-0.2, 0) is 4.74 Å². The first-order chi connectivity index (χ1) is 10.1. The second kappa shape index (κ2) is 10.6. The minimum absolute atomic E-state index is 0.210. The van der Waals surface area contributed by atoms with E-state index in [1.807, 2.05) is 0 Å². The summed E-state index contributed by atoms with van der Waals surface area (Å²) in [5, 5.41) is 10.7. The Labute approximate surface area is 132 Å². The van der Waals surface area contributed by atoms with Crippen LogP contribution in [0.3, 0.4) is 0 Å². The number of rotatable bonds is 11. The van der Waals surface area contributed by atoms with Gasteiger partial charge in [-0.3, -0.25) is 0 Å². The first kappa shape index (κ1) is 19.0. The lowest BCUT2D eigenvalue weighted by atomic mass is 9.83. The van der Waals surface area contributed by atoms with Crippen LogP contribution in [0, 0.1) is 0 Å². The maximum atomic E-state index is 10.7. The Kier molecular flexibility index (Phi) is 9.59. The van der Waals surface area contributed by atoms with Crippen molar-refractivity contribution in [1.82, 2.24) is 0 Å². The third kappa shape index (κ3) is 8.83. The van der Waals surface area contributed by atoms with Crippen molar-refractivity contribution >= 4 is 0 Å². The molecule has 1 saturated heterocycles. The van der Waals surface area contributed by atoms with Crippen molar-refractivity contribution in [2.45, 2.75) is 122 Å². The third-order valence-corrected chi connectivity index (χ3v) is 4.80. The summed E-state index contributed by atoms with van der Waals surface area (Å²) >= 11 is 0. The zero-order valence-electron chi connectivity index (χ0n) is 14.7. The highest BCUT2D eigenvalue weighted by atomic mass is 16.5. The van der Waals surface area contributed by atoms with Gasteiger partial charge in [0.2, 0.25) is 0 Å². The average molecular weight is 299 g/mol. The minimum atomic E-state index is -0.461. The largest absolute Gasteiger partial charge is 0.390 e. The Morgan fingerprint density at radius 3 is 1.71 bits per heavy atom. The van der Waals surface area contributed by atoms with Gasteiger partial charge in [0, 0.05) is 12.8 Å². The lowest BCUT2D eigenvalue weighted by Gasteiger charge is -2.39. The van der Waals surface area contributed by atoms with E-state index in [0.29, 0.717) is 0 Å². The second-order valence-corrected chi connectivity index (χ2v) is 7.32. The number of hydrogen-bond donors (Lipinski definition) is 1. The highest BCUT2D eigenvalue weighted by Crippen LogP contribution is 2.33. The molecule has 0 spiro atoms. The molecule has 2 atom stereocenters. The lowest BCUT2D eigenvalue weighted by Crippen LogP contribution is -2.43. The molecule has 0 aromatic carbocycles. The Morgan fingerprint density at radius 2 is 1.24 bits per heavy atom. The quantitative estimate of drug-likeness (QED) is 0.502. The van der Waals surface area contributed by atoms with E-state index in [1.165, 1.54) is 64.2 Å². The molecule has 21 heavy (non-hydrogen) atoms. The summed E-state index contributed by atoms with van der Waals surface area (Å²) in [7, 11) is 0. The molecular weight excluding hydrogens is 260 g/mol. The van der Waals surface area contributed by atoms with Gasteiger partial charge in [0.25, 0.3) is 0 Å². The fourth-order valence-electron chi connectivity index (χ4n) is 3.79. The number of hydrogen-bond acceptors (Lipinski definition) is 2. The summed E-state index contributed by atoms with van der Waals surface area (Å²) in [5.41, 5.74) is -0.461. The van der Waals surface area contributed by atoms with Crippen molar-refractivity contribution in [3.63, 3.8) is 0 Å². The van der Waals surface area contributed by atoms with Crippen LogP contribution in [0.2, 0.25) is 0 Å². The molecule has 0 aromatic rings. The van der Waals surface area contributed by atoms with Gasteiger partial charge < -0.3 is 9.84 Å². The van der Waals surface area contributed by atoms with Crippen LogP contribution < -0.4 is 0 Å². The SMILES string of the molecule is CCCCCCCCCCCCC1(O)CC(C)OC(C)C1. The molecule has 1 N–H and O–H groups in total. The van der Waals surface area contributed by atoms with Gasteiger partial charge in [-0.15, -0.1) is 0 Å². The normalized spacial score (nSPS) is 29.7. The van der Waals surface area contributed by atoms with Crippen molar-refractivity contribution in [2.75, 3.05) is 0 Å². The summed E-state index contributed by atoms with van der Waals surface area (Å²) in [6.45, 7) is 6.44. The molecule has 0 amide bonds. The van der Waals surface area contributed by atoms with Crippen LogP contribution in [-0.4, -0.2) is 22.9 Å². The van der Waals surface area contributed by atoms with E-state index in [0.717, 1.165) is 19.3 Å². The molecule has 1 heterocycles. The molecule has 2 nitrogen and oxygen atoms in total. The van der Waals surface area contributed by atoms with Crippen LogP contribution >= 0.6 is 0 Å². The van der Waals surface area contributed by atoms with Crippen molar-refractivity contribution in [2.24, 2.45) is 0 Å². The van der Waals surface area contributed by atoms with Gasteiger partial charge in [0.15, 0.2) is 0 Å². The zero-order valence-corrected chi connectivity index (χ0v) is 14.7. The average Bonchev–Trinajstić information content (AvgIpc) is 2.39. The van der Waals surface area contributed by atoms with Gasteiger partial charge in [0.05, 0.1) is 17.8 Å². The summed E-state index contributed by atoms with van der Waals surface area (Å²) < 4.78 is 5.72. The van der Waals surface area contributed by atoms with E-state index in [-0.39, 0.29) is 12.2 Å². The molecule has 0 aliphatic carbocycles. The van der Waals surface area contributed by atoms with E-state index < -0.39 is 5.60 Å². The minimum Gasteiger partial charge on any atom is -0.390 e. The molecular formula is C19H38O2. The van der Waals surface area contributed by atoms with Gasteiger partial charge in [-0.1, -0.05) is 71.1 Å². The van der Waals surface area contributed by atoms with Crippen LogP contribution in [0.1, 0.15) is 104 Å². The molecule has 2 unspecified atom stereocenters. The van der Waals surface area contributed by atoms with E-state index >= 15 is 0 Å². The molecule has 0 radical (unpaired) electrons. The summed E-state index contributed by atoms with van der Waals surface area (Å²) in [5.74, 6) is 0. The van der Waals surface area contributed by atoms with Crippen molar-refractivity contribution in [3.8, 4) is 0 Å². The Balaban J connectivity index is 1.96. The third-order valence-electron chi connectivity index (χ3n) is 4.80. The molecule has 0 bridgehead atoms. The smallest absolute Gasteiger partial charge is 0.0697 e. The highest BCUT2D eigenvalue weighted by Gasteiger charge is 2.35. The van der Waals surface area contributed by atoms with Crippen LogP contribution in [0.15, 0.2) is 0 Å². The zero-order chi connectivity index (χ0) is 15.6. The van der Waals surface area contributed by atoms with Crippen molar-refractivity contribution in [3.05, 3.63) is 0 Å². The van der Waals surface area contributed by atoms with Crippen molar-refractivity contribution in [1.29, 1.82) is 0 Å². The monoisotopic (exact) mass is 298 g/mol. The number of unbranched alkanes of at least 4 members (excludes halogenated alkanes) is 9. The maximum absolute atomic E-state index is 10.7. The van der Waals surface area contributed by atoms with Crippen LogP contribution in [0.5, 0.6) is 0 Å². The number of ether oxygens (including phenoxy) is 1. The van der Waals surface area contributed by atoms with Gasteiger partial charge >= 0.3 is 0 Å². The van der Waals surface area contributed by atoms with Gasteiger partial charge in [-0.25, -0.2) is 0 Å². The standard InChI is InChI=1S/C19H38O2/c1-4-5-6-7-8-9-10-11-12-13-14-19(20)15-17(2)21-18(3)16-19/h17-18,20H,4-16H2,1-3H3. The fourth-order valence-corrected chi connectivity index (χ4v) is 3.79. The lowest BCUT2D eigenvalue weighted by molar-refractivity contribution is -0.134. The second-order valence-electron chi connectivity index (χ2n) is 7.32. The van der Waals surface area contributed by atoms with Crippen LogP contribution in [0.4, 0.5) is 0 Å². The van der Waals surface area contributed by atoms with Gasteiger partial charge in [-0.05, 0) is 20.3 Å². The first-order valence-corrected chi connectivity index (χ1v) is 9.43. The van der Waals surface area contributed by atoms with E-state index in [2.05, 4.69) is 20.8 Å². The Morgan fingerprint density at radius 1 is 0.810 bits per heavy atom. The molecule has 0 saturated carbocycles. The predicted octanol–water partition coefficient (Wildman–Crippen LogP) is 5.62.